The lowest BCUT2D eigenvalue weighted by Crippen LogP contribution is -2.46. The van der Waals surface area contributed by atoms with E-state index in [1.54, 1.807) is 11.8 Å². The van der Waals surface area contributed by atoms with Gasteiger partial charge in [0.1, 0.15) is 12.0 Å². The number of nitro benzene ring substituents is 1. The van der Waals surface area contributed by atoms with Crippen molar-refractivity contribution in [3.8, 4) is 11.1 Å². The number of anilines is 3. The first-order chi connectivity index (χ1) is 29.7. The number of hydrogen-bond donors (Lipinski definition) is 2. The van der Waals surface area contributed by atoms with E-state index in [9.17, 15) is 18.5 Å². The fourth-order valence-electron chi connectivity index (χ4n) is 7.73. The van der Waals surface area contributed by atoms with E-state index < -0.39 is 14.9 Å². The molecule has 2 N–H and O–H groups in total. The SMILES string of the molecule is O=[N+]([O-])c1cc(S(=O)(=O)Nc2ncnc3cc(N4CCN(Cc5ccccc5-c5ccc(Cl)cc5)CC4)ccc23)ccc1NC(CCN1CCOCC1)CSc1ccccc1. The van der Waals surface area contributed by atoms with Gasteiger partial charge in [-0.1, -0.05) is 66.2 Å². The van der Waals surface area contributed by atoms with Crippen LogP contribution in [0.3, 0.4) is 0 Å². The number of benzene rings is 5. The maximum atomic E-state index is 13.8. The van der Waals surface area contributed by atoms with Gasteiger partial charge in [-0.2, -0.15) is 0 Å². The predicted octanol–water partition coefficient (Wildman–Crippen LogP) is 8.28. The zero-order valence-electron chi connectivity index (χ0n) is 33.5. The molecule has 1 unspecified atom stereocenters. The van der Waals surface area contributed by atoms with Gasteiger partial charge in [0.15, 0.2) is 5.82 Å². The van der Waals surface area contributed by atoms with Crippen LogP contribution in [0.25, 0.3) is 22.0 Å². The summed E-state index contributed by atoms with van der Waals surface area (Å²) in [5, 5.41) is 17.0. The zero-order chi connectivity index (χ0) is 42.2. The Bertz CT molecular complexity index is 2560. The third-order valence-electron chi connectivity index (χ3n) is 11.1. The summed E-state index contributed by atoms with van der Waals surface area (Å²) in [5.74, 6) is 0.749. The van der Waals surface area contributed by atoms with Gasteiger partial charge < -0.3 is 15.0 Å². The van der Waals surface area contributed by atoms with E-state index in [1.807, 2.05) is 60.7 Å². The van der Waals surface area contributed by atoms with Crippen molar-refractivity contribution in [2.75, 3.05) is 79.7 Å². The molecule has 316 valence electrons. The van der Waals surface area contributed by atoms with Crippen LogP contribution >= 0.6 is 23.4 Å². The van der Waals surface area contributed by atoms with Crippen molar-refractivity contribution in [2.45, 2.75) is 28.8 Å². The second-order valence-corrected chi connectivity index (χ2v) is 18.3. The molecule has 0 spiro atoms. The summed E-state index contributed by atoms with van der Waals surface area (Å²) in [6.45, 7) is 8.01. The Labute approximate surface area is 365 Å². The molecule has 0 bridgehead atoms. The highest BCUT2D eigenvalue weighted by atomic mass is 35.5. The number of hydrogen-bond acceptors (Lipinski definition) is 12. The summed E-state index contributed by atoms with van der Waals surface area (Å²) in [7, 11) is -4.28. The lowest BCUT2D eigenvalue weighted by atomic mass is 9.99. The van der Waals surface area contributed by atoms with Crippen LogP contribution in [0.1, 0.15) is 12.0 Å². The number of sulfonamides is 1. The number of rotatable bonds is 16. The van der Waals surface area contributed by atoms with E-state index in [1.165, 1.54) is 29.6 Å². The molecule has 8 rings (SSSR count). The third-order valence-corrected chi connectivity index (χ3v) is 13.8. The molecule has 0 saturated carbocycles. The number of morpholine rings is 1. The second-order valence-electron chi connectivity index (χ2n) is 15.1. The third kappa shape index (κ3) is 10.8. The Balaban J connectivity index is 0.934. The smallest absolute Gasteiger partial charge is 0.293 e. The van der Waals surface area contributed by atoms with Gasteiger partial charge in [-0.15, -0.1) is 11.8 Å². The Hall–Kier alpha value is -5.29. The van der Waals surface area contributed by atoms with Gasteiger partial charge >= 0.3 is 0 Å². The molecule has 1 aromatic heterocycles. The monoisotopic (exact) mass is 878 g/mol. The summed E-state index contributed by atoms with van der Waals surface area (Å²) < 4.78 is 35.7. The molecule has 2 fully saturated rings. The van der Waals surface area contributed by atoms with Crippen LogP contribution in [0.15, 0.2) is 131 Å². The molecule has 2 aliphatic heterocycles. The van der Waals surface area contributed by atoms with Crippen molar-refractivity contribution in [1.82, 2.24) is 19.8 Å². The lowest BCUT2D eigenvalue weighted by Gasteiger charge is -2.36. The average molecular weight is 880 g/mol. The van der Waals surface area contributed by atoms with Crippen molar-refractivity contribution in [1.29, 1.82) is 0 Å². The minimum absolute atomic E-state index is 0.0895. The molecule has 0 radical (unpaired) electrons. The molecule has 61 heavy (non-hydrogen) atoms. The molecule has 0 amide bonds. The van der Waals surface area contributed by atoms with E-state index in [4.69, 9.17) is 16.3 Å². The van der Waals surface area contributed by atoms with Crippen LogP contribution in [0, 0.1) is 10.1 Å². The topological polar surface area (TPSA) is 146 Å². The molecule has 16 heteroatoms. The van der Waals surface area contributed by atoms with Gasteiger partial charge in [0.25, 0.3) is 15.7 Å². The molecule has 2 saturated heterocycles. The van der Waals surface area contributed by atoms with E-state index in [0.29, 0.717) is 34.9 Å². The van der Waals surface area contributed by atoms with Crippen molar-refractivity contribution in [3.63, 3.8) is 0 Å². The maximum absolute atomic E-state index is 13.8. The quantitative estimate of drug-likeness (QED) is 0.0548. The van der Waals surface area contributed by atoms with Crippen LogP contribution < -0.4 is 14.9 Å². The van der Waals surface area contributed by atoms with E-state index in [0.717, 1.165) is 81.0 Å². The molecular weight excluding hydrogens is 832 g/mol. The van der Waals surface area contributed by atoms with E-state index >= 15 is 0 Å². The lowest BCUT2D eigenvalue weighted by molar-refractivity contribution is -0.384. The second kappa shape index (κ2) is 19.6. The first kappa shape index (κ1) is 42.4. The molecule has 2 aliphatic rings. The van der Waals surface area contributed by atoms with Crippen LogP contribution in [-0.4, -0.2) is 104 Å². The van der Waals surface area contributed by atoms with Crippen LogP contribution in [0.2, 0.25) is 5.02 Å². The number of thioether (sulfide) groups is 1. The number of halogens is 1. The van der Waals surface area contributed by atoms with Crippen LogP contribution in [0.5, 0.6) is 0 Å². The van der Waals surface area contributed by atoms with Gasteiger partial charge in [0, 0.05) is 91.2 Å². The highest BCUT2D eigenvalue weighted by Gasteiger charge is 2.26. The first-order valence-electron chi connectivity index (χ1n) is 20.3. The molecular formula is C45H47ClN8O5S2. The number of aromatic nitrogens is 2. The van der Waals surface area contributed by atoms with Crippen molar-refractivity contribution >= 4 is 67.2 Å². The fourth-order valence-corrected chi connectivity index (χ4v) is 9.90. The highest BCUT2D eigenvalue weighted by molar-refractivity contribution is 7.99. The molecule has 3 heterocycles. The zero-order valence-corrected chi connectivity index (χ0v) is 35.9. The molecule has 13 nitrogen and oxygen atoms in total. The molecule has 1 atom stereocenters. The number of piperazine rings is 1. The summed E-state index contributed by atoms with van der Waals surface area (Å²) in [4.78, 5) is 28.6. The summed E-state index contributed by atoms with van der Waals surface area (Å²) in [6.07, 6.45) is 2.05. The standard InChI is InChI=1S/C45H47ClN8O5S2/c46-35-12-10-33(11-13-35)40-9-5-4-6-34(40)30-52-20-22-53(23-21-52)37-14-16-41-43(28-37)47-32-48-45(41)50-61(57,58)39-15-17-42(44(29-39)54(55)56)49-36(18-19-51-24-26-59-27-25-51)31-60-38-7-2-1-3-8-38/h1-17,28-29,32,36,49H,18-27,30-31H2,(H,47,48,50). The maximum Gasteiger partial charge on any atom is 0.293 e. The van der Waals surface area contributed by atoms with Crippen molar-refractivity contribution in [2.24, 2.45) is 0 Å². The van der Waals surface area contributed by atoms with Gasteiger partial charge in [0.05, 0.1) is 28.5 Å². The van der Waals surface area contributed by atoms with Gasteiger partial charge in [-0.25, -0.2) is 18.4 Å². The van der Waals surface area contributed by atoms with Crippen LogP contribution in [0.4, 0.5) is 22.9 Å². The van der Waals surface area contributed by atoms with Crippen LogP contribution in [-0.2, 0) is 21.3 Å². The van der Waals surface area contributed by atoms with Gasteiger partial charge in [-0.05, 0) is 77.7 Å². The fraction of sp³-hybridized carbons (Fsp3) is 0.289. The first-order valence-corrected chi connectivity index (χ1v) is 23.1. The molecule has 0 aliphatic carbocycles. The largest absolute Gasteiger partial charge is 0.379 e. The van der Waals surface area contributed by atoms with Gasteiger partial charge in [-0.3, -0.25) is 24.6 Å². The number of nitrogens with zero attached hydrogens (tertiary/aromatic N) is 6. The van der Waals surface area contributed by atoms with Gasteiger partial charge in [0.2, 0.25) is 0 Å². The number of fused-ring (bicyclic) bond motifs is 1. The average Bonchev–Trinajstić information content (AvgIpc) is 3.28. The number of nitrogens with one attached hydrogen (secondary N) is 2. The summed E-state index contributed by atoms with van der Waals surface area (Å²) in [5.41, 5.74) is 5.08. The Morgan fingerprint density at radius 3 is 2.36 bits per heavy atom. The van der Waals surface area contributed by atoms with E-state index in [2.05, 4.69) is 71.1 Å². The predicted molar refractivity (Wildman–Crippen MR) is 244 cm³/mol. The Kier molecular flexibility index (Phi) is 13.6. The summed E-state index contributed by atoms with van der Waals surface area (Å²) >= 11 is 7.81. The van der Waals surface area contributed by atoms with E-state index in [-0.39, 0.29) is 28.1 Å². The highest BCUT2D eigenvalue weighted by Crippen LogP contribution is 2.33. The molecule has 5 aromatic carbocycles. The number of ether oxygens (including phenoxy) is 1. The van der Waals surface area contributed by atoms with Crippen molar-refractivity contribution < 1.29 is 18.1 Å². The number of nitro groups is 1. The minimum Gasteiger partial charge on any atom is -0.379 e. The normalized spacial score (nSPS) is 15.7. The molecule has 6 aromatic rings. The van der Waals surface area contributed by atoms with Crippen molar-refractivity contribution in [3.05, 3.63) is 142 Å². The Morgan fingerprint density at radius 1 is 0.836 bits per heavy atom. The minimum atomic E-state index is -4.28. The summed E-state index contributed by atoms with van der Waals surface area (Å²) in [6, 6.07) is 35.9. The Morgan fingerprint density at radius 2 is 1.59 bits per heavy atom.